The van der Waals surface area contributed by atoms with Gasteiger partial charge in [0.1, 0.15) is 0 Å². The second kappa shape index (κ2) is 9.86. The van der Waals surface area contributed by atoms with Crippen LogP contribution in [0.25, 0.3) is 10.9 Å². The number of piperidine rings is 1. The monoisotopic (exact) mass is 426 g/mol. The molecule has 1 aromatic carbocycles. The average Bonchev–Trinajstić information content (AvgIpc) is 3.22. The van der Waals surface area contributed by atoms with Gasteiger partial charge in [-0.25, -0.2) is 0 Å². The number of ether oxygens (including phenoxy) is 2. The summed E-state index contributed by atoms with van der Waals surface area (Å²) >= 11 is 0. The number of amides is 1. The Balaban J connectivity index is 1.35. The molecule has 2 fully saturated rings. The average molecular weight is 427 g/mol. The molecule has 0 saturated carbocycles. The van der Waals surface area contributed by atoms with Gasteiger partial charge in [-0.3, -0.25) is 9.59 Å². The molecule has 0 bridgehead atoms. The van der Waals surface area contributed by atoms with Crippen molar-refractivity contribution >= 4 is 22.8 Å². The summed E-state index contributed by atoms with van der Waals surface area (Å²) in [6.07, 6.45) is 8.63. The molecule has 0 radical (unpaired) electrons. The highest BCUT2D eigenvalue weighted by Crippen LogP contribution is 2.40. The minimum Gasteiger partial charge on any atom is -0.466 e. The Kier molecular flexibility index (Phi) is 6.96. The van der Waals surface area contributed by atoms with Crippen LogP contribution in [0.15, 0.2) is 30.5 Å². The smallest absolute Gasteiger partial charge is 0.312 e. The van der Waals surface area contributed by atoms with Crippen molar-refractivity contribution in [2.75, 3.05) is 26.3 Å². The van der Waals surface area contributed by atoms with Gasteiger partial charge in [0.2, 0.25) is 5.91 Å². The molecule has 2 aliphatic rings. The van der Waals surface area contributed by atoms with Crippen LogP contribution in [-0.4, -0.2) is 54.2 Å². The number of para-hydroxylation sites is 1. The van der Waals surface area contributed by atoms with Crippen LogP contribution < -0.4 is 0 Å². The number of esters is 1. The van der Waals surface area contributed by atoms with Crippen LogP contribution in [0.3, 0.4) is 0 Å². The number of carbonyl (C=O) groups excluding carboxylic acids is 2. The molecular weight excluding hydrogens is 392 g/mol. The van der Waals surface area contributed by atoms with Gasteiger partial charge in [-0.05, 0) is 63.5 Å². The van der Waals surface area contributed by atoms with E-state index in [1.165, 1.54) is 10.9 Å². The lowest BCUT2D eigenvalue weighted by Crippen LogP contribution is -2.49. The van der Waals surface area contributed by atoms with Crippen molar-refractivity contribution in [1.29, 1.82) is 0 Å². The molecule has 1 atom stereocenters. The molecule has 1 N–H and O–H groups in total. The summed E-state index contributed by atoms with van der Waals surface area (Å²) in [5, 5.41) is 1.18. The molecule has 168 valence electrons. The second-order valence-electron chi connectivity index (χ2n) is 8.93. The van der Waals surface area contributed by atoms with Gasteiger partial charge in [-0.1, -0.05) is 18.2 Å². The van der Waals surface area contributed by atoms with E-state index in [1.807, 2.05) is 30.2 Å². The summed E-state index contributed by atoms with van der Waals surface area (Å²) in [7, 11) is 0. The summed E-state index contributed by atoms with van der Waals surface area (Å²) in [5.41, 5.74) is 1.76. The van der Waals surface area contributed by atoms with E-state index in [0.29, 0.717) is 45.4 Å². The van der Waals surface area contributed by atoms with Crippen LogP contribution in [0.4, 0.5) is 0 Å². The highest BCUT2D eigenvalue weighted by atomic mass is 16.5. The third-order valence-corrected chi connectivity index (χ3v) is 6.96. The number of aryl methyl sites for hydroxylation is 1. The summed E-state index contributed by atoms with van der Waals surface area (Å²) in [6.45, 7) is 4.24. The number of rotatable bonds is 7. The summed E-state index contributed by atoms with van der Waals surface area (Å²) in [6, 6.07) is 8.18. The van der Waals surface area contributed by atoms with E-state index < -0.39 is 5.41 Å². The lowest BCUT2D eigenvalue weighted by molar-refractivity contribution is -0.164. The van der Waals surface area contributed by atoms with Crippen LogP contribution in [0.1, 0.15) is 57.4 Å². The molecule has 0 aliphatic carbocycles. The molecule has 4 rings (SSSR count). The van der Waals surface area contributed by atoms with Crippen LogP contribution in [0, 0.1) is 5.41 Å². The van der Waals surface area contributed by atoms with Crippen molar-refractivity contribution in [3.63, 3.8) is 0 Å². The molecular formula is C25H34N2O4. The van der Waals surface area contributed by atoms with Crippen molar-refractivity contribution in [3.8, 4) is 0 Å². The van der Waals surface area contributed by atoms with Gasteiger partial charge in [-0.15, -0.1) is 0 Å². The molecule has 0 unspecified atom stereocenters. The number of fused-ring (bicyclic) bond motifs is 1. The minimum atomic E-state index is -0.522. The third kappa shape index (κ3) is 4.95. The first-order valence-corrected chi connectivity index (χ1v) is 11.7. The zero-order valence-electron chi connectivity index (χ0n) is 18.5. The van der Waals surface area contributed by atoms with Gasteiger partial charge in [0.05, 0.1) is 18.1 Å². The van der Waals surface area contributed by atoms with Gasteiger partial charge in [0.25, 0.3) is 0 Å². The predicted molar refractivity (Wildman–Crippen MR) is 120 cm³/mol. The molecule has 6 heteroatoms. The summed E-state index contributed by atoms with van der Waals surface area (Å²) in [4.78, 5) is 31.0. The molecule has 1 amide bonds. The Morgan fingerprint density at radius 1 is 1.23 bits per heavy atom. The Hall–Kier alpha value is -2.34. The Morgan fingerprint density at radius 3 is 2.77 bits per heavy atom. The van der Waals surface area contributed by atoms with E-state index in [1.54, 1.807) is 0 Å². The quantitative estimate of drug-likeness (QED) is 0.673. The van der Waals surface area contributed by atoms with E-state index in [9.17, 15) is 9.59 Å². The molecule has 31 heavy (non-hydrogen) atoms. The highest BCUT2D eigenvalue weighted by Gasteiger charge is 2.45. The van der Waals surface area contributed by atoms with Crippen molar-refractivity contribution in [2.24, 2.45) is 5.41 Å². The van der Waals surface area contributed by atoms with Crippen molar-refractivity contribution in [3.05, 3.63) is 36.0 Å². The van der Waals surface area contributed by atoms with E-state index in [0.717, 1.165) is 37.8 Å². The number of hydrogen-bond acceptors (Lipinski definition) is 4. The number of aromatic amines is 1. The maximum atomic E-state index is 12.9. The van der Waals surface area contributed by atoms with Crippen molar-refractivity contribution < 1.29 is 19.1 Å². The molecule has 6 nitrogen and oxygen atoms in total. The zero-order chi connectivity index (χ0) is 21.7. The van der Waals surface area contributed by atoms with Crippen molar-refractivity contribution in [1.82, 2.24) is 9.88 Å². The fraction of sp³-hybridized carbons (Fsp3) is 0.600. The van der Waals surface area contributed by atoms with Crippen LogP contribution in [-0.2, 0) is 25.5 Å². The van der Waals surface area contributed by atoms with Crippen LogP contribution >= 0.6 is 0 Å². The minimum absolute atomic E-state index is 0.116. The fourth-order valence-corrected chi connectivity index (χ4v) is 5.10. The molecule has 0 spiro atoms. The molecule has 1 aromatic heterocycles. The maximum absolute atomic E-state index is 12.9. The second-order valence-corrected chi connectivity index (χ2v) is 8.93. The standard InChI is InChI=1S/C25H34N2O4/c1-2-30-24(29)25(17-20-7-5-6-16-31-20)12-14-27(15-13-25)23(28)11-10-19-18-26-22-9-4-3-8-21(19)22/h3-4,8-9,18,20,26H,2,5-7,10-17H2,1H3/t20-/m1/s1. The SMILES string of the molecule is CCOC(=O)C1(C[C@H]2CCCCO2)CCN(C(=O)CCc2c[nH]c3ccccc23)CC1. The largest absolute Gasteiger partial charge is 0.466 e. The number of nitrogens with zero attached hydrogens (tertiary/aromatic N) is 1. The number of benzene rings is 1. The number of likely N-dealkylation sites (tertiary alicyclic amines) is 1. The van der Waals surface area contributed by atoms with E-state index >= 15 is 0 Å². The fourth-order valence-electron chi connectivity index (χ4n) is 5.10. The first-order valence-electron chi connectivity index (χ1n) is 11.7. The lowest BCUT2D eigenvalue weighted by Gasteiger charge is -2.42. The number of carbonyl (C=O) groups is 2. The summed E-state index contributed by atoms with van der Waals surface area (Å²) in [5.74, 6) is 0.0479. The Morgan fingerprint density at radius 2 is 2.03 bits per heavy atom. The third-order valence-electron chi connectivity index (χ3n) is 6.96. The molecule has 2 aliphatic heterocycles. The lowest BCUT2D eigenvalue weighted by atomic mass is 9.73. The topological polar surface area (TPSA) is 71.6 Å². The normalized spacial score (nSPS) is 21.2. The van der Waals surface area contributed by atoms with E-state index in [4.69, 9.17) is 9.47 Å². The molecule has 2 saturated heterocycles. The predicted octanol–water partition coefficient (Wildman–Crippen LogP) is 4.23. The van der Waals surface area contributed by atoms with Gasteiger partial charge < -0.3 is 19.4 Å². The highest BCUT2D eigenvalue weighted by molar-refractivity contribution is 5.84. The Labute approximate surface area is 184 Å². The Bertz CT molecular complexity index is 892. The summed E-state index contributed by atoms with van der Waals surface area (Å²) < 4.78 is 11.4. The van der Waals surface area contributed by atoms with E-state index in [-0.39, 0.29) is 18.0 Å². The van der Waals surface area contributed by atoms with E-state index in [2.05, 4.69) is 17.1 Å². The number of H-pyrrole nitrogens is 1. The molecule has 2 aromatic rings. The molecule has 3 heterocycles. The van der Waals surface area contributed by atoms with Gasteiger partial charge >= 0.3 is 5.97 Å². The van der Waals surface area contributed by atoms with Crippen LogP contribution in [0.5, 0.6) is 0 Å². The van der Waals surface area contributed by atoms with Crippen molar-refractivity contribution in [2.45, 2.75) is 64.4 Å². The van der Waals surface area contributed by atoms with Gasteiger partial charge in [0.15, 0.2) is 0 Å². The number of nitrogens with one attached hydrogen (secondary N) is 1. The first-order chi connectivity index (χ1) is 15.1. The van der Waals surface area contributed by atoms with Gasteiger partial charge in [0, 0.05) is 43.2 Å². The number of aromatic nitrogens is 1. The maximum Gasteiger partial charge on any atom is 0.312 e. The van der Waals surface area contributed by atoms with Crippen LogP contribution in [0.2, 0.25) is 0 Å². The zero-order valence-corrected chi connectivity index (χ0v) is 18.5. The first kappa shape index (κ1) is 21.9. The van der Waals surface area contributed by atoms with Gasteiger partial charge in [-0.2, -0.15) is 0 Å². The number of hydrogen-bond donors (Lipinski definition) is 1.